The fraction of sp³-hybridized carbons (Fsp3) is 1.00. The van der Waals surface area contributed by atoms with Crippen molar-refractivity contribution in [2.45, 2.75) is 0 Å². The molecule has 0 radical (unpaired) electrons. The summed E-state index contributed by atoms with van der Waals surface area (Å²) in [6.07, 6.45) is 2.05. The highest BCUT2D eigenvalue weighted by Gasteiger charge is 1.67. The lowest BCUT2D eigenvalue weighted by molar-refractivity contribution is 1.15. The number of halogens is 1. The van der Waals surface area contributed by atoms with Gasteiger partial charge >= 0.3 is 0 Å². The number of nitrogens with two attached hydrogens (primary N) is 1. The number of thioether (sulfide) groups is 1. The number of rotatable bonds is 2. The standard InChI is InChI=1S/C3H9NS.BrH/c1-5-3-2-4;/h2-4H2,1H3;1H. The van der Waals surface area contributed by atoms with Crippen molar-refractivity contribution in [1.82, 2.24) is 0 Å². The summed E-state index contributed by atoms with van der Waals surface area (Å²) in [6.45, 7) is 0.807. The van der Waals surface area contributed by atoms with Crippen LogP contribution in [0.2, 0.25) is 0 Å². The highest BCUT2D eigenvalue weighted by molar-refractivity contribution is 8.93. The molecule has 0 amide bonds. The molecule has 0 aromatic carbocycles. The first kappa shape index (κ1) is 9.92. The highest BCUT2D eigenvalue weighted by Crippen LogP contribution is 1.83. The Hall–Kier alpha value is 0.790. The van der Waals surface area contributed by atoms with Crippen molar-refractivity contribution >= 4 is 28.7 Å². The fourth-order valence-corrected chi connectivity index (χ4v) is 0.354. The minimum atomic E-state index is 0. The van der Waals surface area contributed by atoms with Crippen LogP contribution in [0, 0.1) is 0 Å². The summed E-state index contributed by atoms with van der Waals surface area (Å²) in [5, 5.41) is 0. The molecule has 0 rings (SSSR count). The minimum absolute atomic E-state index is 0. The summed E-state index contributed by atoms with van der Waals surface area (Å²) >= 11 is 1.78. The molecule has 40 valence electrons. The summed E-state index contributed by atoms with van der Waals surface area (Å²) in [4.78, 5) is 0. The Kier molecular flexibility index (Phi) is 15.3. The summed E-state index contributed by atoms with van der Waals surface area (Å²) in [6, 6.07) is 0. The van der Waals surface area contributed by atoms with E-state index in [1.165, 1.54) is 0 Å². The highest BCUT2D eigenvalue weighted by atomic mass is 79.9. The van der Waals surface area contributed by atoms with Crippen molar-refractivity contribution in [2.24, 2.45) is 5.73 Å². The lowest BCUT2D eigenvalue weighted by Crippen LogP contribution is -1.99. The maximum Gasteiger partial charge on any atom is 0.00530 e. The lowest BCUT2D eigenvalue weighted by atomic mass is 10.8. The van der Waals surface area contributed by atoms with E-state index < -0.39 is 0 Å². The molecule has 0 spiro atoms. The molecule has 0 aliphatic carbocycles. The van der Waals surface area contributed by atoms with Crippen molar-refractivity contribution in [1.29, 1.82) is 0 Å². The van der Waals surface area contributed by atoms with Crippen LogP contribution in [0.25, 0.3) is 0 Å². The van der Waals surface area contributed by atoms with Gasteiger partial charge in [-0.2, -0.15) is 11.8 Å². The van der Waals surface area contributed by atoms with Gasteiger partial charge in [-0.25, -0.2) is 0 Å². The average Bonchev–Trinajstić information content (AvgIpc) is 1.41. The first-order valence-corrected chi connectivity index (χ1v) is 3.00. The molecule has 0 saturated heterocycles. The normalized spacial score (nSPS) is 7.00. The van der Waals surface area contributed by atoms with Gasteiger partial charge in [-0.3, -0.25) is 0 Å². The minimum Gasteiger partial charge on any atom is -0.330 e. The van der Waals surface area contributed by atoms with Gasteiger partial charge in [-0.15, -0.1) is 17.0 Å². The van der Waals surface area contributed by atoms with Crippen LogP contribution in [0.4, 0.5) is 0 Å². The Labute approximate surface area is 53.4 Å². The third-order valence-corrected chi connectivity index (χ3v) is 0.966. The maximum atomic E-state index is 5.12. The molecule has 0 aromatic rings. The van der Waals surface area contributed by atoms with Crippen molar-refractivity contribution in [3.05, 3.63) is 0 Å². The molecule has 3 heteroatoms. The Balaban J connectivity index is 0. The molecule has 0 heterocycles. The summed E-state index contributed by atoms with van der Waals surface area (Å²) in [5.41, 5.74) is 5.12. The van der Waals surface area contributed by atoms with Gasteiger partial charge in [0.1, 0.15) is 0 Å². The summed E-state index contributed by atoms with van der Waals surface area (Å²) in [5.74, 6) is 1.08. The third-order valence-electron chi connectivity index (χ3n) is 0.322. The Morgan fingerprint density at radius 1 is 1.67 bits per heavy atom. The zero-order valence-corrected chi connectivity index (χ0v) is 6.34. The van der Waals surface area contributed by atoms with E-state index >= 15 is 0 Å². The Morgan fingerprint density at radius 3 is 2.17 bits per heavy atom. The van der Waals surface area contributed by atoms with E-state index in [9.17, 15) is 0 Å². The monoisotopic (exact) mass is 171 g/mol. The predicted molar refractivity (Wildman–Crippen MR) is 37.8 cm³/mol. The largest absolute Gasteiger partial charge is 0.330 e. The quantitative estimate of drug-likeness (QED) is 0.669. The second-order valence-corrected chi connectivity index (χ2v) is 1.77. The molecule has 0 saturated carbocycles. The van der Waals surface area contributed by atoms with Crippen LogP contribution in [0.3, 0.4) is 0 Å². The van der Waals surface area contributed by atoms with Crippen LogP contribution in [0.15, 0.2) is 0 Å². The molecule has 0 aromatic heterocycles. The second kappa shape index (κ2) is 9.25. The lowest BCUT2D eigenvalue weighted by Gasteiger charge is -1.80. The third kappa shape index (κ3) is 8.84. The van der Waals surface area contributed by atoms with Crippen LogP contribution < -0.4 is 5.73 Å². The molecule has 0 fully saturated rings. The zero-order chi connectivity index (χ0) is 4.12. The van der Waals surface area contributed by atoms with Gasteiger partial charge in [0, 0.05) is 12.3 Å². The molecule has 0 unspecified atom stereocenters. The van der Waals surface area contributed by atoms with E-state index in [1.807, 2.05) is 6.26 Å². The molecule has 6 heavy (non-hydrogen) atoms. The van der Waals surface area contributed by atoms with E-state index in [1.54, 1.807) is 11.8 Å². The number of hydrogen-bond donors (Lipinski definition) is 1. The van der Waals surface area contributed by atoms with Gasteiger partial charge in [0.25, 0.3) is 0 Å². The van der Waals surface area contributed by atoms with Crippen LogP contribution in [0.1, 0.15) is 0 Å². The molecule has 0 aliphatic heterocycles. The van der Waals surface area contributed by atoms with Gasteiger partial charge in [-0.1, -0.05) is 0 Å². The van der Waals surface area contributed by atoms with Crippen molar-refractivity contribution < 1.29 is 0 Å². The summed E-state index contributed by atoms with van der Waals surface area (Å²) in [7, 11) is 0. The van der Waals surface area contributed by atoms with Crippen LogP contribution in [-0.4, -0.2) is 18.6 Å². The van der Waals surface area contributed by atoms with Crippen LogP contribution in [0.5, 0.6) is 0 Å². The average molecular weight is 172 g/mol. The van der Waals surface area contributed by atoms with Gasteiger partial charge in [0.05, 0.1) is 0 Å². The van der Waals surface area contributed by atoms with Gasteiger partial charge in [0.2, 0.25) is 0 Å². The van der Waals surface area contributed by atoms with Crippen molar-refractivity contribution in [3.8, 4) is 0 Å². The molecule has 0 atom stereocenters. The van der Waals surface area contributed by atoms with E-state index in [2.05, 4.69) is 0 Å². The second-order valence-electron chi connectivity index (χ2n) is 0.781. The molecular formula is C3H10BrNS. The van der Waals surface area contributed by atoms with E-state index in [0.717, 1.165) is 12.3 Å². The van der Waals surface area contributed by atoms with E-state index in [-0.39, 0.29) is 17.0 Å². The van der Waals surface area contributed by atoms with Gasteiger partial charge < -0.3 is 5.73 Å². The van der Waals surface area contributed by atoms with Gasteiger partial charge in [0.15, 0.2) is 0 Å². The first-order valence-electron chi connectivity index (χ1n) is 1.61. The molecule has 0 aliphatic rings. The first-order chi connectivity index (χ1) is 2.41. The molecule has 1 nitrogen and oxygen atoms in total. The topological polar surface area (TPSA) is 26.0 Å². The molecule has 2 N–H and O–H groups in total. The zero-order valence-electron chi connectivity index (χ0n) is 3.81. The van der Waals surface area contributed by atoms with Crippen molar-refractivity contribution in [2.75, 3.05) is 18.6 Å². The fourth-order valence-electron chi connectivity index (χ4n) is 0.118. The van der Waals surface area contributed by atoms with E-state index in [0.29, 0.717) is 0 Å². The SMILES string of the molecule is Br.CSCCN. The smallest absolute Gasteiger partial charge is 0.00530 e. The Morgan fingerprint density at radius 2 is 2.17 bits per heavy atom. The predicted octanol–water partition coefficient (Wildman–Crippen LogP) is 0.886. The maximum absolute atomic E-state index is 5.12. The van der Waals surface area contributed by atoms with Crippen LogP contribution >= 0.6 is 28.7 Å². The number of hydrogen-bond acceptors (Lipinski definition) is 2. The van der Waals surface area contributed by atoms with Gasteiger partial charge in [-0.05, 0) is 6.26 Å². The molecule has 0 bridgehead atoms. The van der Waals surface area contributed by atoms with E-state index in [4.69, 9.17) is 5.73 Å². The van der Waals surface area contributed by atoms with Crippen LogP contribution in [-0.2, 0) is 0 Å². The Bertz CT molecular complexity index is 18.3. The van der Waals surface area contributed by atoms with Crippen molar-refractivity contribution in [3.63, 3.8) is 0 Å². The summed E-state index contributed by atoms with van der Waals surface area (Å²) < 4.78 is 0. The molecular weight excluding hydrogens is 162 g/mol.